The normalized spacial score (nSPS) is 25.6. The molecule has 2 fully saturated rings. The number of hydrogen-bond acceptors (Lipinski definition) is 4. The van der Waals surface area contributed by atoms with E-state index >= 15 is 0 Å². The van der Waals surface area contributed by atoms with E-state index in [2.05, 4.69) is 30.9 Å². The Hall–Kier alpha value is -1.15. The zero-order valence-corrected chi connectivity index (χ0v) is 16.9. The van der Waals surface area contributed by atoms with Crippen molar-refractivity contribution in [3.8, 4) is 0 Å². The summed E-state index contributed by atoms with van der Waals surface area (Å²) in [7, 11) is -1.74. The monoisotopic (exact) mass is 381 g/mol. The summed E-state index contributed by atoms with van der Waals surface area (Å²) >= 11 is 0. The molecular weight excluding hydrogens is 350 g/mol. The minimum atomic E-state index is -3.42. The van der Waals surface area contributed by atoms with Crippen molar-refractivity contribution >= 4 is 15.9 Å². The summed E-state index contributed by atoms with van der Waals surface area (Å²) in [6, 6.07) is 8.20. The van der Waals surface area contributed by atoms with Gasteiger partial charge in [-0.25, -0.2) is 0 Å². The van der Waals surface area contributed by atoms with E-state index in [4.69, 9.17) is 4.74 Å². The Labute approximate surface area is 157 Å². The van der Waals surface area contributed by atoms with E-state index in [1.807, 2.05) is 12.1 Å². The van der Waals surface area contributed by atoms with Crippen molar-refractivity contribution in [3.05, 3.63) is 29.8 Å². The fourth-order valence-electron chi connectivity index (χ4n) is 3.96. The van der Waals surface area contributed by atoms with Gasteiger partial charge in [0, 0.05) is 45.5 Å². The van der Waals surface area contributed by atoms with Crippen LogP contribution in [0.4, 0.5) is 5.69 Å². The van der Waals surface area contributed by atoms with Crippen LogP contribution in [0.25, 0.3) is 0 Å². The lowest BCUT2D eigenvalue weighted by Crippen LogP contribution is -2.48. The van der Waals surface area contributed by atoms with Crippen molar-refractivity contribution in [2.24, 2.45) is 11.8 Å². The van der Waals surface area contributed by atoms with E-state index in [1.165, 1.54) is 9.99 Å². The van der Waals surface area contributed by atoms with Gasteiger partial charge in [0.1, 0.15) is 0 Å². The first-order valence-electron chi connectivity index (χ1n) is 9.49. The number of piperidine rings is 1. The van der Waals surface area contributed by atoms with Crippen molar-refractivity contribution in [1.82, 2.24) is 8.61 Å². The second-order valence-corrected chi connectivity index (χ2v) is 9.83. The minimum absolute atomic E-state index is 0.394. The van der Waals surface area contributed by atoms with Gasteiger partial charge in [0.25, 0.3) is 10.2 Å². The maximum atomic E-state index is 12.9. The van der Waals surface area contributed by atoms with E-state index in [9.17, 15) is 8.42 Å². The summed E-state index contributed by atoms with van der Waals surface area (Å²) in [5.41, 5.74) is 2.17. The quantitative estimate of drug-likeness (QED) is 0.784. The summed E-state index contributed by atoms with van der Waals surface area (Å²) in [4.78, 5) is 2.30. The Morgan fingerprint density at radius 1 is 1.08 bits per heavy atom. The molecule has 3 rings (SSSR count). The van der Waals surface area contributed by atoms with Crippen molar-refractivity contribution in [2.75, 3.05) is 51.3 Å². The average molecular weight is 382 g/mol. The molecule has 0 aromatic heterocycles. The summed E-state index contributed by atoms with van der Waals surface area (Å²) in [5, 5.41) is 0. The second kappa shape index (κ2) is 8.25. The fraction of sp³-hybridized carbons (Fsp3) is 0.684. The molecule has 26 heavy (non-hydrogen) atoms. The fourth-order valence-corrected chi connectivity index (χ4v) is 5.56. The van der Waals surface area contributed by atoms with Crippen LogP contribution < -0.4 is 4.90 Å². The first-order chi connectivity index (χ1) is 12.4. The zero-order valence-electron chi connectivity index (χ0n) is 16.1. The van der Waals surface area contributed by atoms with Gasteiger partial charge in [-0.3, -0.25) is 0 Å². The SMILES string of the molecule is CC1CC(C)CN(S(=O)(=O)N(C)Cc2ccc(N3CCOCC3)cc2)C1. The van der Waals surface area contributed by atoms with Gasteiger partial charge in [0.05, 0.1) is 13.2 Å². The van der Waals surface area contributed by atoms with Crippen molar-refractivity contribution in [1.29, 1.82) is 0 Å². The number of anilines is 1. The van der Waals surface area contributed by atoms with Crippen molar-refractivity contribution in [3.63, 3.8) is 0 Å². The molecule has 0 bridgehead atoms. The summed E-state index contributed by atoms with van der Waals surface area (Å²) in [6.45, 7) is 9.21. The highest BCUT2D eigenvalue weighted by Gasteiger charge is 2.33. The molecule has 2 aliphatic rings. The molecule has 2 atom stereocenters. The number of nitrogens with zero attached hydrogens (tertiary/aromatic N) is 3. The summed E-state index contributed by atoms with van der Waals surface area (Å²) in [6.07, 6.45) is 1.10. The highest BCUT2D eigenvalue weighted by atomic mass is 32.2. The number of hydrogen-bond donors (Lipinski definition) is 0. The molecule has 6 nitrogen and oxygen atoms in total. The summed E-state index contributed by atoms with van der Waals surface area (Å²) in [5.74, 6) is 0.824. The van der Waals surface area contributed by atoms with Crippen molar-refractivity contribution < 1.29 is 13.2 Å². The lowest BCUT2D eigenvalue weighted by Gasteiger charge is -2.36. The highest BCUT2D eigenvalue weighted by Crippen LogP contribution is 2.25. The lowest BCUT2D eigenvalue weighted by molar-refractivity contribution is 0.122. The molecule has 2 aliphatic heterocycles. The van der Waals surface area contributed by atoms with Gasteiger partial charge in [-0.2, -0.15) is 17.0 Å². The maximum Gasteiger partial charge on any atom is 0.282 e. The van der Waals surface area contributed by atoms with Crippen LogP contribution in [0.3, 0.4) is 0 Å². The molecular formula is C19H31N3O3S. The van der Waals surface area contributed by atoms with E-state index < -0.39 is 10.2 Å². The Morgan fingerprint density at radius 3 is 2.23 bits per heavy atom. The first-order valence-corrected chi connectivity index (χ1v) is 10.9. The predicted molar refractivity (Wildman–Crippen MR) is 104 cm³/mol. The third kappa shape index (κ3) is 4.57. The minimum Gasteiger partial charge on any atom is -0.378 e. The molecule has 2 heterocycles. The van der Waals surface area contributed by atoms with E-state index in [0.717, 1.165) is 38.3 Å². The molecule has 0 radical (unpaired) electrons. The molecule has 0 saturated carbocycles. The van der Waals surface area contributed by atoms with Crippen LogP contribution in [0, 0.1) is 11.8 Å². The largest absolute Gasteiger partial charge is 0.378 e. The van der Waals surface area contributed by atoms with Crippen LogP contribution in [0.1, 0.15) is 25.8 Å². The van der Waals surface area contributed by atoms with Crippen molar-refractivity contribution in [2.45, 2.75) is 26.8 Å². The molecule has 1 aromatic rings. The Balaban J connectivity index is 1.64. The molecule has 7 heteroatoms. The van der Waals surface area contributed by atoms with Crippen LogP contribution in [-0.4, -0.2) is 63.5 Å². The Kier molecular flexibility index (Phi) is 6.22. The van der Waals surface area contributed by atoms with Crippen LogP contribution in [0.15, 0.2) is 24.3 Å². The van der Waals surface area contributed by atoms with Gasteiger partial charge >= 0.3 is 0 Å². The molecule has 0 spiro atoms. The number of benzene rings is 1. The van der Waals surface area contributed by atoms with E-state index in [0.29, 0.717) is 31.5 Å². The van der Waals surface area contributed by atoms with Crippen LogP contribution in [0.2, 0.25) is 0 Å². The van der Waals surface area contributed by atoms with Crippen LogP contribution >= 0.6 is 0 Å². The smallest absolute Gasteiger partial charge is 0.282 e. The number of ether oxygens (including phenoxy) is 1. The first kappa shape index (κ1) is 19.6. The Morgan fingerprint density at radius 2 is 1.65 bits per heavy atom. The van der Waals surface area contributed by atoms with Crippen LogP contribution in [0.5, 0.6) is 0 Å². The van der Waals surface area contributed by atoms with E-state index in [1.54, 1.807) is 11.4 Å². The van der Waals surface area contributed by atoms with Crippen LogP contribution in [-0.2, 0) is 21.5 Å². The van der Waals surface area contributed by atoms with Gasteiger partial charge in [0.15, 0.2) is 0 Å². The van der Waals surface area contributed by atoms with Gasteiger partial charge < -0.3 is 9.64 Å². The molecule has 146 valence electrons. The average Bonchev–Trinajstić information content (AvgIpc) is 2.62. The molecule has 2 unspecified atom stereocenters. The van der Waals surface area contributed by atoms with Gasteiger partial charge in [-0.05, 0) is 36.0 Å². The third-order valence-corrected chi connectivity index (χ3v) is 7.14. The number of morpholine rings is 1. The molecule has 2 saturated heterocycles. The second-order valence-electron chi connectivity index (χ2n) is 7.79. The van der Waals surface area contributed by atoms with Gasteiger partial charge in [-0.15, -0.1) is 0 Å². The highest BCUT2D eigenvalue weighted by molar-refractivity contribution is 7.86. The number of rotatable bonds is 5. The van der Waals surface area contributed by atoms with Gasteiger partial charge in [-0.1, -0.05) is 26.0 Å². The molecule has 0 amide bonds. The maximum absolute atomic E-state index is 12.9. The van der Waals surface area contributed by atoms with E-state index in [-0.39, 0.29) is 0 Å². The molecule has 1 aromatic carbocycles. The Bertz CT molecular complexity index is 676. The molecule has 0 aliphatic carbocycles. The standard InChI is InChI=1S/C19H31N3O3S/c1-16-12-17(2)14-22(13-16)26(23,24)20(3)15-18-4-6-19(7-5-18)21-8-10-25-11-9-21/h4-7,16-17H,8-15H2,1-3H3. The molecule has 0 N–H and O–H groups in total. The third-order valence-electron chi connectivity index (χ3n) is 5.27. The van der Waals surface area contributed by atoms with Gasteiger partial charge in [0.2, 0.25) is 0 Å². The predicted octanol–water partition coefficient (Wildman–Crippen LogP) is 2.18. The zero-order chi connectivity index (χ0) is 18.7. The lowest BCUT2D eigenvalue weighted by atomic mass is 9.94. The summed E-state index contributed by atoms with van der Waals surface area (Å²) < 4.78 is 34.4. The topological polar surface area (TPSA) is 53.1 Å².